The maximum absolute atomic E-state index is 12.9. The van der Waals surface area contributed by atoms with Crippen LogP contribution in [-0.2, 0) is 6.54 Å². The molecule has 124 valence electrons. The Bertz CT molecular complexity index is 854. The molecule has 0 saturated heterocycles. The van der Waals surface area contributed by atoms with Crippen LogP contribution in [0.1, 0.15) is 0 Å². The van der Waals surface area contributed by atoms with E-state index in [1.807, 2.05) is 0 Å². The average Bonchev–Trinajstić information content (AvgIpc) is 2.97. The number of hydrogen-bond acceptors (Lipinski definition) is 5. The van der Waals surface area contributed by atoms with Crippen LogP contribution in [0.2, 0.25) is 0 Å². The zero-order valence-corrected chi connectivity index (χ0v) is 12.9. The van der Waals surface area contributed by atoms with Crippen LogP contribution in [0.25, 0.3) is 11.5 Å². The van der Waals surface area contributed by atoms with Crippen molar-refractivity contribution in [2.24, 2.45) is 0 Å². The molecule has 0 saturated carbocycles. The molecule has 3 aromatic rings. The number of hydrogen-bond donors (Lipinski definition) is 0. The number of methoxy groups -OCH3 is 1. The molecular formula is C17H15FN2O4. The maximum Gasteiger partial charge on any atom is 0.437 e. The van der Waals surface area contributed by atoms with Gasteiger partial charge in [-0.25, -0.2) is 9.18 Å². The summed E-state index contributed by atoms with van der Waals surface area (Å²) in [7, 11) is 1.59. The molecule has 1 heterocycles. The van der Waals surface area contributed by atoms with Gasteiger partial charge in [-0.15, -0.1) is 5.10 Å². The summed E-state index contributed by atoms with van der Waals surface area (Å²) in [5.74, 6) is 0.579. The highest BCUT2D eigenvalue weighted by molar-refractivity contribution is 5.51. The molecule has 6 nitrogen and oxygen atoms in total. The van der Waals surface area contributed by atoms with Crippen LogP contribution in [0.3, 0.4) is 0 Å². The SMILES string of the molecule is COc1ccc(OCCn2nc(-c3ccc(F)cc3)oc2=O)cc1. The van der Waals surface area contributed by atoms with Gasteiger partial charge in [-0.05, 0) is 48.5 Å². The highest BCUT2D eigenvalue weighted by Crippen LogP contribution is 2.17. The second-order valence-electron chi connectivity index (χ2n) is 4.93. The Hall–Kier alpha value is -3.09. The van der Waals surface area contributed by atoms with E-state index in [2.05, 4.69) is 5.10 Å². The van der Waals surface area contributed by atoms with Crippen molar-refractivity contribution in [3.05, 3.63) is 64.9 Å². The summed E-state index contributed by atoms with van der Waals surface area (Å²) in [5.41, 5.74) is 0.531. The van der Waals surface area contributed by atoms with Crippen molar-refractivity contribution in [1.29, 1.82) is 0 Å². The first-order valence-electron chi connectivity index (χ1n) is 7.26. The van der Waals surface area contributed by atoms with Gasteiger partial charge in [0.25, 0.3) is 0 Å². The normalized spacial score (nSPS) is 10.6. The maximum atomic E-state index is 12.9. The van der Waals surface area contributed by atoms with E-state index in [-0.39, 0.29) is 24.9 Å². The lowest BCUT2D eigenvalue weighted by atomic mass is 10.2. The van der Waals surface area contributed by atoms with Gasteiger partial charge in [0.1, 0.15) is 23.9 Å². The quantitative estimate of drug-likeness (QED) is 0.695. The predicted molar refractivity (Wildman–Crippen MR) is 84.6 cm³/mol. The zero-order valence-electron chi connectivity index (χ0n) is 12.9. The van der Waals surface area contributed by atoms with E-state index in [0.717, 1.165) is 5.75 Å². The van der Waals surface area contributed by atoms with Crippen LogP contribution in [0.5, 0.6) is 11.5 Å². The van der Waals surface area contributed by atoms with Crippen LogP contribution in [0, 0.1) is 5.82 Å². The number of ether oxygens (including phenoxy) is 2. The summed E-state index contributed by atoms with van der Waals surface area (Å²) in [6.45, 7) is 0.483. The second-order valence-corrected chi connectivity index (χ2v) is 4.93. The minimum absolute atomic E-state index is 0.143. The molecular weight excluding hydrogens is 315 g/mol. The van der Waals surface area contributed by atoms with Gasteiger partial charge < -0.3 is 13.9 Å². The van der Waals surface area contributed by atoms with Crippen LogP contribution in [0.4, 0.5) is 4.39 Å². The van der Waals surface area contributed by atoms with Crippen molar-refractivity contribution in [1.82, 2.24) is 9.78 Å². The monoisotopic (exact) mass is 330 g/mol. The van der Waals surface area contributed by atoms with Crippen molar-refractivity contribution >= 4 is 0 Å². The van der Waals surface area contributed by atoms with E-state index in [9.17, 15) is 9.18 Å². The fourth-order valence-electron chi connectivity index (χ4n) is 2.08. The first-order chi connectivity index (χ1) is 11.7. The van der Waals surface area contributed by atoms with Crippen molar-refractivity contribution < 1.29 is 18.3 Å². The van der Waals surface area contributed by atoms with Gasteiger partial charge in [0.15, 0.2) is 0 Å². The Morgan fingerprint density at radius 1 is 1.08 bits per heavy atom. The number of halogens is 1. The molecule has 0 aliphatic carbocycles. The van der Waals surface area contributed by atoms with Crippen molar-refractivity contribution in [2.75, 3.05) is 13.7 Å². The van der Waals surface area contributed by atoms with Gasteiger partial charge in [-0.1, -0.05) is 0 Å². The highest BCUT2D eigenvalue weighted by atomic mass is 19.1. The van der Waals surface area contributed by atoms with Crippen LogP contribution < -0.4 is 15.2 Å². The van der Waals surface area contributed by atoms with E-state index in [4.69, 9.17) is 13.9 Å². The van der Waals surface area contributed by atoms with E-state index in [1.54, 1.807) is 31.4 Å². The molecule has 24 heavy (non-hydrogen) atoms. The van der Waals surface area contributed by atoms with Gasteiger partial charge in [0, 0.05) is 5.56 Å². The Labute approximate surface area is 137 Å². The highest BCUT2D eigenvalue weighted by Gasteiger charge is 2.10. The van der Waals surface area contributed by atoms with Gasteiger partial charge in [-0.3, -0.25) is 0 Å². The molecule has 1 aromatic heterocycles. The minimum Gasteiger partial charge on any atom is -0.497 e. The van der Waals surface area contributed by atoms with Crippen molar-refractivity contribution in [3.8, 4) is 23.0 Å². The number of nitrogens with zero attached hydrogens (tertiary/aromatic N) is 2. The fraction of sp³-hybridized carbons (Fsp3) is 0.176. The largest absolute Gasteiger partial charge is 0.497 e. The number of aromatic nitrogens is 2. The molecule has 0 fully saturated rings. The Kier molecular flexibility index (Phi) is 4.60. The first-order valence-corrected chi connectivity index (χ1v) is 7.26. The minimum atomic E-state index is -0.590. The second kappa shape index (κ2) is 6.99. The average molecular weight is 330 g/mol. The Balaban J connectivity index is 1.63. The van der Waals surface area contributed by atoms with Crippen molar-refractivity contribution in [3.63, 3.8) is 0 Å². The molecule has 0 amide bonds. The van der Waals surface area contributed by atoms with Gasteiger partial charge in [0.05, 0.1) is 13.7 Å². The predicted octanol–water partition coefficient (Wildman–Crippen LogP) is 2.73. The number of rotatable bonds is 6. The molecule has 3 rings (SSSR count). The molecule has 7 heteroatoms. The molecule has 0 radical (unpaired) electrons. The van der Waals surface area contributed by atoms with Gasteiger partial charge >= 0.3 is 5.76 Å². The lowest BCUT2D eigenvalue weighted by Crippen LogP contribution is -2.20. The summed E-state index contributed by atoms with van der Waals surface area (Å²) in [6.07, 6.45) is 0. The molecule has 0 N–H and O–H groups in total. The molecule has 0 atom stereocenters. The van der Waals surface area contributed by atoms with E-state index in [0.29, 0.717) is 11.3 Å². The fourth-order valence-corrected chi connectivity index (χ4v) is 2.08. The Morgan fingerprint density at radius 2 is 1.75 bits per heavy atom. The molecule has 0 unspecified atom stereocenters. The van der Waals surface area contributed by atoms with Crippen molar-refractivity contribution in [2.45, 2.75) is 6.54 Å². The van der Waals surface area contributed by atoms with Gasteiger partial charge in [-0.2, -0.15) is 4.68 Å². The third-order valence-electron chi connectivity index (χ3n) is 3.33. The van der Waals surface area contributed by atoms with Crippen LogP contribution in [0.15, 0.2) is 57.7 Å². The Morgan fingerprint density at radius 3 is 2.42 bits per heavy atom. The van der Waals surface area contributed by atoms with Gasteiger partial charge in [0.2, 0.25) is 5.89 Å². The van der Waals surface area contributed by atoms with Crippen LogP contribution >= 0.6 is 0 Å². The molecule has 0 aliphatic heterocycles. The van der Waals surface area contributed by atoms with E-state index < -0.39 is 5.76 Å². The lowest BCUT2D eigenvalue weighted by Gasteiger charge is -2.06. The standard InChI is InChI=1S/C17H15FN2O4/c1-22-14-6-8-15(9-7-14)23-11-10-20-17(21)24-16(19-20)12-2-4-13(18)5-3-12/h2-9H,10-11H2,1H3. The molecule has 2 aromatic carbocycles. The summed E-state index contributed by atoms with van der Waals surface area (Å²) in [4.78, 5) is 11.8. The summed E-state index contributed by atoms with van der Waals surface area (Å²) in [5, 5.41) is 4.08. The van der Waals surface area contributed by atoms with Crippen LogP contribution in [-0.4, -0.2) is 23.5 Å². The number of benzene rings is 2. The first kappa shape index (κ1) is 15.8. The molecule has 0 spiro atoms. The molecule has 0 aliphatic rings. The van der Waals surface area contributed by atoms with E-state index >= 15 is 0 Å². The third-order valence-corrected chi connectivity index (χ3v) is 3.33. The summed E-state index contributed by atoms with van der Waals surface area (Å²) >= 11 is 0. The topological polar surface area (TPSA) is 66.5 Å². The lowest BCUT2D eigenvalue weighted by molar-refractivity contribution is 0.285. The smallest absolute Gasteiger partial charge is 0.437 e. The van der Waals surface area contributed by atoms with E-state index in [1.165, 1.54) is 28.9 Å². The molecule has 0 bridgehead atoms. The summed E-state index contributed by atoms with van der Waals surface area (Å²) in [6, 6.07) is 12.7. The zero-order chi connectivity index (χ0) is 16.9. The summed E-state index contributed by atoms with van der Waals surface area (Å²) < 4.78 is 29.8. The third kappa shape index (κ3) is 3.62.